The van der Waals surface area contributed by atoms with Crippen molar-refractivity contribution in [1.82, 2.24) is 4.72 Å². The van der Waals surface area contributed by atoms with Gasteiger partial charge in [0.1, 0.15) is 16.6 Å². The summed E-state index contributed by atoms with van der Waals surface area (Å²) in [5.74, 6) is -0.00108. The lowest BCUT2D eigenvalue weighted by atomic mass is 9.97. The summed E-state index contributed by atoms with van der Waals surface area (Å²) in [6.07, 6.45) is 0.585. The highest BCUT2D eigenvalue weighted by atomic mass is 32.2. The Bertz CT molecular complexity index is 1160. The van der Waals surface area contributed by atoms with Gasteiger partial charge < -0.3 is 14.3 Å². The van der Waals surface area contributed by atoms with Crippen molar-refractivity contribution in [2.24, 2.45) is 4.99 Å². The maximum Gasteiger partial charge on any atom is 0.299 e. The zero-order valence-electron chi connectivity index (χ0n) is 21.7. The summed E-state index contributed by atoms with van der Waals surface area (Å²) in [6, 6.07) is 15.6. The number of aromatic hydroxyl groups is 1. The molecule has 2 N–H and O–H groups in total. The Labute approximate surface area is 210 Å². The van der Waals surface area contributed by atoms with Crippen LogP contribution in [0.2, 0.25) is 18.1 Å². The van der Waals surface area contributed by atoms with Crippen molar-refractivity contribution in [2.45, 2.75) is 76.1 Å². The van der Waals surface area contributed by atoms with E-state index in [1.54, 1.807) is 26.0 Å². The predicted molar refractivity (Wildman–Crippen MR) is 142 cm³/mol. The average molecular weight is 519 g/mol. The minimum Gasteiger partial charge on any atom is -0.508 e. The molecule has 3 rings (SSSR count). The smallest absolute Gasteiger partial charge is 0.299 e. The van der Waals surface area contributed by atoms with E-state index in [0.29, 0.717) is 18.6 Å². The first-order chi connectivity index (χ1) is 16.1. The lowest BCUT2D eigenvalue weighted by molar-refractivity contribution is 0.0758. The second-order valence-electron chi connectivity index (χ2n) is 11.1. The van der Waals surface area contributed by atoms with Gasteiger partial charge in [0.05, 0.1) is 6.04 Å². The number of amidine groups is 1. The topological polar surface area (TPSA) is 97.2 Å². The van der Waals surface area contributed by atoms with E-state index in [-0.39, 0.29) is 22.9 Å². The fraction of sp³-hybridized carbons (Fsp3) is 0.500. The molecule has 1 heterocycles. The maximum absolute atomic E-state index is 13.3. The van der Waals surface area contributed by atoms with E-state index < -0.39 is 29.2 Å². The van der Waals surface area contributed by atoms with Gasteiger partial charge in [-0.05, 0) is 61.7 Å². The molecule has 0 bridgehead atoms. The summed E-state index contributed by atoms with van der Waals surface area (Å²) in [4.78, 5) is 4.71. The minimum absolute atomic E-state index is 0.00108. The molecular weight excluding hydrogens is 480 g/mol. The highest BCUT2D eigenvalue weighted by Gasteiger charge is 2.48. The molecule has 7 nitrogen and oxygen atoms in total. The van der Waals surface area contributed by atoms with Crippen LogP contribution in [0.15, 0.2) is 59.6 Å². The van der Waals surface area contributed by atoms with Gasteiger partial charge in [-0.15, -0.1) is 0 Å². The number of nitrogens with one attached hydrogen (secondary N) is 1. The van der Waals surface area contributed by atoms with Crippen molar-refractivity contribution in [2.75, 3.05) is 6.61 Å². The van der Waals surface area contributed by atoms with Crippen LogP contribution in [-0.4, -0.2) is 40.1 Å². The third kappa shape index (κ3) is 6.45. The lowest BCUT2D eigenvalue weighted by Gasteiger charge is -2.39. The Morgan fingerprint density at radius 1 is 1.14 bits per heavy atom. The molecule has 35 heavy (non-hydrogen) atoms. The van der Waals surface area contributed by atoms with Crippen molar-refractivity contribution in [3.05, 3.63) is 65.7 Å². The Balaban J connectivity index is 1.88. The molecular formula is C26H38N2O5SSi. The average Bonchev–Trinajstić information content (AvgIpc) is 2.71. The molecule has 0 radical (unpaired) electrons. The quantitative estimate of drug-likeness (QED) is 0.460. The maximum atomic E-state index is 13.3. The van der Waals surface area contributed by atoms with Crippen molar-refractivity contribution >= 4 is 24.4 Å². The standard InChI is InChI=1S/C26H38N2O5SSi/c1-25(2,3)35(6,7)32-17-16-22(19-12-9-8-10-13-19)27-24-28-34(30,31)23(26(4,5)33-24)20-14-11-15-21(29)18-20/h8-15,18,22-23,29H,16-17H2,1-7H3,(H,27,28). The van der Waals surface area contributed by atoms with Crippen LogP contribution in [0, 0.1) is 0 Å². The molecule has 0 saturated carbocycles. The van der Waals surface area contributed by atoms with E-state index in [1.165, 1.54) is 12.1 Å². The summed E-state index contributed by atoms with van der Waals surface area (Å²) < 4.78 is 41.7. The third-order valence-corrected chi connectivity index (χ3v) is 13.3. The summed E-state index contributed by atoms with van der Waals surface area (Å²) in [5.41, 5.74) is 0.286. The first kappa shape index (κ1) is 27.2. The SMILES string of the molecule is CC1(C)OC(=NC(CCO[Si](C)(C)C(C)(C)C)c2ccccc2)NS(=O)(=O)C1c1cccc(O)c1. The molecule has 1 aliphatic heterocycles. The number of hydrogen-bond donors (Lipinski definition) is 2. The molecule has 192 valence electrons. The number of phenolic OH excluding ortho intramolecular Hbond substituents is 1. The molecule has 2 aromatic carbocycles. The predicted octanol–water partition coefficient (Wildman–Crippen LogP) is 5.67. The monoisotopic (exact) mass is 518 g/mol. The van der Waals surface area contributed by atoms with Gasteiger partial charge in [-0.3, -0.25) is 0 Å². The van der Waals surface area contributed by atoms with Gasteiger partial charge >= 0.3 is 0 Å². The van der Waals surface area contributed by atoms with Crippen molar-refractivity contribution in [1.29, 1.82) is 0 Å². The Morgan fingerprint density at radius 3 is 2.37 bits per heavy atom. The fourth-order valence-electron chi connectivity index (χ4n) is 3.96. The van der Waals surface area contributed by atoms with E-state index in [2.05, 4.69) is 38.6 Å². The fourth-order valence-corrected chi connectivity index (χ4v) is 6.78. The summed E-state index contributed by atoms with van der Waals surface area (Å²) in [5, 5.41) is 8.96. The number of aliphatic imine (C=N–C) groups is 1. The summed E-state index contributed by atoms with van der Waals surface area (Å²) in [6.45, 7) is 14.9. The molecule has 2 aromatic rings. The first-order valence-electron chi connectivity index (χ1n) is 11.9. The van der Waals surface area contributed by atoms with Crippen LogP contribution in [-0.2, 0) is 19.2 Å². The third-order valence-electron chi connectivity index (χ3n) is 6.82. The molecule has 0 amide bonds. The zero-order chi connectivity index (χ0) is 26.1. The molecule has 0 aliphatic carbocycles. The number of benzene rings is 2. The summed E-state index contributed by atoms with van der Waals surface area (Å²) in [7, 11) is -5.82. The van der Waals surface area contributed by atoms with E-state index in [9.17, 15) is 13.5 Å². The number of rotatable bonds is 7. The normalized spacial score (nSPS) is 21.7. The van der Waals surface area contributed by atoms with E-state index >= 15 is 0 Å². The van der Waals surface area contributed by atoms with Crippen LogP contribution in [0.3, 0.4) is 0 Å². The van der Waals surface area contributed by atoms with Gasteiger partial charge in [0.15, 0.2) is 8.32 Å². The molecule has 1 fully saturated rings. The minimum atomic E-state index is -3.88. The van der Waals surface area contributed by atoms with Gasteiger partial charge in [0.25, 0.3) is 6.02 Å². The van der Waals surface area contributed by atoms with Gasteiger partial charge in [-0.1, -0.05) is 63.2 Å². The van der Waals surface area contributed by atoms with Gasteiger partial charge in [0.2, 0.25) is 10.0 Å². The van der Waals surface area contributed by atoms with Gasteiger partial charge in [-0.2, -0.15) is 0 Å². The highest BCUT2D eigenvalue weighted by molar-refractivity contribution is 7.90. The zero-order valence-corrected chi connectivity index (χ0v) is 23.5. The van der Waals surface area contributed by atoms with Crippen LogP contribution in [0.1, 0.15) is 63.5 Å². The van der Waals surface area contributed by atoms with E-state index in [4.69, 9.17) is 14.2 Å². The Kier molecular flexibility index (Phi) is 7.74. The highest BCUT2D eigenvalue weighted by Crippen LogP contribution is 2.40. The molecule has 1 saturated heterocycles. The molecule has 2 unspecified atom stereocenters. The Morgan fingerprint density at radius 2 is 1.80 bits per heavy atom. The number of nitrogens with zero attached hydrogens (tertiary/aromatic N) is 1. The Hall–Kier alpha value is -2.36. The molecule has 9 heteroatoms. The van der Waals surface area contributed by atoms with Crippen molar-refractivity contribution < 1.29 is 22.7 Å². The van der Waals surface area contributed by atoms with Gasteiger partial charge in [0, 0.05) is 6.61 Å². The van der Waals surface area contributed by atoms with Crippen molar-refractivity contribution in [3.8, 4) is 5.75 Å². The van der Waals surface area contributed by atoms with Crippen molar-refractivity contribution in [3.63, 3.8) is 0 Å². The van der Waals surface area contributed by atoms with E-state index in [1.807, 2.05) is 30.3 Å². The molecule has 2 atom stereocenters. The molecule has 0 spiro atoms. The van der Waals surface area contributed by atoms with E-state index in [0.717, 1.165) is 5.56 Å². The largest absolute Gasteiger partial charge is 0.508 e. The number of phenols is 1. The molecule has 0 aromatic heterocycles. The number of sulfonamides is 1. The summed E-state index contributed by atoms with van der Waals surface area (Å²) >= 11 is 0. The second-order valence-corrected chi connectivity index (χ2v) is 17.7. The first-order valence-corrected chi connectivity index (χ1v) is 16.3. The number of ether oxygens (including phenoxy) is 1. The van der Waals surface area contributed by atoms with Crippen LogP contribution >= 0.6 is 0 Å². The van der Waals surface area contributed by atoms with Crippen LogP contribution in [0.4, 0.5) is 0 Å². The molecule has 1 aliphatic rings. The lowest BCUT2D eigenvalue weighted by Crippen LogP contribution is -2.53. The van der Waals surface area contributed by atoms with Gasteiger partial charge in [-0.25, -0.2) is 18.1 Å². The van der Waals surface area contributed by atoms with Crippen LogP contribution in [0.25, 0.3) is 0 Å². The second kappa shape index (κ2) is 9.95. The number of hydrogen-bond acceptors (Lipinski definition) is 6. The van der Waals surface area contributed by atoms with Crippen LogP contribution in [0.5, 0.6) is 5.75 Å². The van der Waals surface area contributed by atoms with Crippen LogP contribution < -0.4 is 4.72 Å².